The predicted octanol–water partition coefficient (Wildman–Crippen LogP) is 2.25. The van der Waals surface area contributed by atoms with E-state index in [-0.39, 0.29) is 11.0 Å². The molecule has 1 saturated carbocycles. The van der Waals surface area contributed by atoms with E-state index in [1.165, 1.54) is 0 Å². The van der Waals surface area contributed by atoms with Gasteiger partial charge >= 0.3 is 0 Å². The van der Waals surface area contributed by atoms with Gasteiger partial charge in [-0.2, -0.15) is 0 Å². The molecule has 1 nitrogen and oxygen atoms in total. The fraction of sp³-hybridized carbons (Fsp3) is 1.00. The van der Waals surface area contributed by atoms with Crippen LogP contribution in [0.5, 0.6) is 0 Å². The van der Waals surface area contributed by atoms with Crippen LogP contribution in [0.3, 0.4) is 0 Å². The maximum Gasteiger partial charge on any atom is 0.102 e. The standard InChI is InChI=1S/C9H18FN/c1-8(2)5-4-7(10)6-9(8,3)11/h7H,4-6,11H2,1-3H3/t7-,9+/m0/s1. The summed E-state index contributed by atoms with van der Waals surface area (Å²) in [6.45, 7) is 6.20. The number of hydrogen-bond acceptors (Lipinski definition) is 1. The summed E-state index contributed by atoms with van der Waals surface area (Å²) in [5.74, 6) is 0. The Morgan fingerprint density at radius 2 is 1.91 bits per heavy atom. The van der Waals surface area contributed by atoms with Crippen LogP contribution in [0.4, 0.5) is 4.39 Å². The van der Waals surface area contributed by atoms with Crippen LogP contribution in [0, 0.1) is 5.41 Å². The molecule has 1 fully saturated rings. The second-order valence-corrected chi connectivity index (χ2v) is 4.64. The molecule has 11 heavy (non-hydrogen) atoms. The van der Waals surface area contributed by atoms with Crippen molar-refractivity contribution in [2.75, 3.05) is 0 Å². The third-order valence-corrected chi connectivity index (χ3v) is 3.27. The fourth-order valence-electron chi connectivity index (χ4n) is 1.64. The molecule has 0 heterocycles. The van der Waals surface area contributed by atoms with Crippen molar-refractivity contribution < 1.29 is 4.39 Å². The molecule has 0 amide bonds. The van der Waals surface area contributed by atoms with Crippen LogP contribution in [0.15, 0.2) is 0 Å². The van der Waals surface area contributed by atoms with Crippen molar-refractivity contribution in [3.05, 3.63) is 0 Å². The van der Waals surface area contributed by atoms with Gasteiger partial charge in [-0.25, -0.2) is 4.39 Å². The number of rotatable bonds is 0. The molecule has 0 radical (unpaired) electrons. The molecule has 2 heteroatoms. The minimum Gasteiger partial charge on any atom is -0.325 e. The normalized spacial score (nSPS) is 43.9. The predicted molar refractivity (Wildman–Crippen MR) is 45.1 cm³/mol. The number of alkyl halides is 1. The molecule has 0 saturated heterocycles. The van der Waals surface area contributed by atoms with E-state index in [0.29, 0.717) is 12.8 Å². The van der Waals surface area contributed by atoms with Crippen LogP contribution in [0.25, 0.3) is 0 Å². The Morgan fingerprint density at radius 1 is 1.36 bits per heavy atom. The average molecular weight is 159 g/mol. The van der Waals surface area contributed by atoms with E-state index in [0.717, 1.165) is 6.42 Å². The summed E-state index contributed by atoms with van der Waals surface area (Å²) < 4.78 is 12.9. The van der Waals surface area contributed by atoms with Crippen molar-refractivity contribution in [1.82, 2.24) is 0 Å². The molecule has 0 aromatic carbocycles. The third-order valence-electron chi connectivity index (χ3n) is 3.27. The first-order chi connectivity index (χ1) is 4.85. The van der Waals surface area contributed by atoms with Gasteiger partial charge in [-0.3, -0.25) is 0 Å². The van der Waals surface area contributed by atoms with Crippen LogP contribution in [-0.4, -0.2) is 11.7 Å². The SMILES string of the molecule is CC1(C)CC[C@H](F)C[C@@]1(C)N. The molecular formula is C9H18FN. The molecule has 2 atom stereocenters. The molecule has 0 unspecified atom stereocenters. The van der Waals surface area contributed by atoms with E-state index in [1.54, 1.807) is 0 Å². The minimum atomic E-state index is -0.682. The zero-order chi connectivity index (χ0) is 8.70. The molecular weight excluding hydrogens is 141 g/mol. The van der Waals surface area contributed by atoms with E-state index in [1.807, 2.05) is 6.92 Å². The third kappa shape index (κ3) is 1.56. The molecule has 1 rings (SSSR count). The van der Waals surface area contributed by atoms with Crippen LogP contribution in [-0.2, 0) is 0 Å². The number of nitrogens with two attached hydrogens (primary N) is 1. The lowest BCUT2D eigenvalue weighted by Crippen LogP contribution is -2.54. The highest BCUT2D eigenvalue weighted by Gasteiger charge is 2.43. The Bertz CT molecular complexity index is 152. The van der Waals surface area contributed by atoms with Crippen LogP contribution in [0.2, 0.25) is 0 Å². The van der Waals surface area contributed by atoms with Gasteiger partial charge in [0.1, 0.15) is 6.17 Å². The van der Waals surface area contributed by atoms with Crippen molar-refractivity contribution in [3.8, 4) is 0 Å². The summed E-state index contributed by atoms with van der Waals surface area (Å²) in [5, 5.41) is 0. The molecule has 0 aromatic heterocycles. The fourth-order valence-corrected chi connectivity index (χ4v) is 1.64. The van der Waals surface area contributed by atoms with Gasteiger partial charge in [0.2, 0.25) is 0 Å². The quantitative estimate of drug-likeness (QED) is 0.576. The van der Waals surface area contributed by atoms with Crippen LogP contribution < -0.4 is 5.73 Å². The highest BCUT2D eigenvalue weighted by atomic mass is 19.1. The summed E-state index contributed by atoms with van der Waals surface area (Å²) in [4.78, 5) is 0. The topological polar surface area (TPSA) is 26.0 Å². The van der Waals surface area contributed by atoms with E-state index in [9.17, 15) is 4.39 Å². The van der Waals surface area contributed by atoms with Gasteiger partial charge in [0.25, 0.3) is 0 Å². The summed E-state index contributed by atoms with van der Waals surface area (Å²) in [5.41, 5.74) is 5.77. The zero-order valence-corrected chi connectivity index (χ0v) is 7.65. The molecule has 1 aliphatic rings. The largest absolute Gasteiger partial charge is 0.325 e. The van der Waals surface area contributed by atoms with E-state index in [2.05, 4.69) is 13.8 Å². The maximum absolute atomic E-state index is 12.9. The Hall–Kier alpha value is -0.110. The van der Waals surface area contributed by atoms with Gasteiger partial charge in [-0.05, 0) is 31.6 Å². The van der Waals surface area contributed by atoms with E-state index < -0.39 is 6.17 Å². The van der Waals surface area contributed by atoms with Crippen LogP contribution in [0.1, 0.15) is 40.0 Å². The molecule has 66 valence electrons. The van der Waals surface area contributed by atoms with Gasteiger partial charge in [0, 0.05) is 5.54 Å². The first kappa shape index (κ1) is 8.98. The Labute approximate surface area is 68.2 Å². The van der Waals surface area contributed by atoms with Crippen molar-refractivity contribution >= 4 is 0 Å². The monoisotopic (exact) mass is 159 g/mol. The summed E-state index contributed by atoms with van der Waals surface area (Å²) in [6.07, 6.45) is 1.42. The molecule has 1 aliphatic carbocycles. The molecule has 0 aromatic rings. The van der Waals surface area contributed by atoms with Gasteiger partial charge < -0.3 is 5.73 Å². The highest BCUT2D eigenvalue weighted by Crippen LogP contribution is 2.42. The number of halogens is 1. The molecule has 0 aliphatic heterocycles. The van der Waals surface area contributed by atoms with Gasteiger partial charge in [0.05, 0.1) is 0 Å². The van der Waals surface area contributed by atoms with E-state index >= 15 is 0 Å². The van der Waals surface area contributed by atoms with Crippen molar-refractivity contribution in [1.29, 1.82) is 0 Å². The molecule has 0 spiro atoms. The van der Waals surface area contributed by atoms with Gasteiger partial charge in [0.15, 0.2) is 0 Å². The lowest BCUT2D eigenvalue weighted by atomic mass is 9.64. The Morgan fingerprint density at radius 3 is 2.27 bits per heavy atom. The zero-order valence-electron chi connectivity index (χ0n) is 7.65. The van der Waals surface area contributed by atoms with Gasteiger partial charge in [-0.1, -0.05) is 13.8 Å². The summed E-state index contributed by atoms with van der Waals surface area (Å²) >= 11 is 0. The second kappa shape index (κ2) is 2.44. The maximum atomic E-state index is 12.9. The van der Waals surface area contributed by atoms with Crippen molar-refractivity contribution in [3.63, 3.8) is 0 Å². The van der Waals surface area contributed by atoms with Crippen molar-refractivity contribution in [2.24, 2.45) is 11.1 Å². The van der Waals surface area contributed by atoms with Crippen molar-refractivity contribution in [2.45, 2.75) is 51.7 Å². The smallest absolute Gasteiger partial charge is 0.102 e. The Kier molecular flexibility index (Phi) is 1.99. The average Bonchev–Trinajstić information content (AvgIpc) is 1.80. The van der Waals surface area contributed by atoms with Gasteiger partial charge in [-0.15, -0.1) is 0 Å². The Balaban J connectivity index is 2.72. The molecule has 0 bridgehead atoms. The number of hydrogen-bond donors (Lipinski definition) is 1. The lowest BCUT2D eigenvalue weighted by molar-refractivity contribution is 0.0607. The van der Waals surface area contributed by atoms with E-state index in [4.69, 9.17) is 5.73 Å². The minimum absolute atomic E-state index is 0.0928. The van der Waals surface area contributed by atoms with Crippen LogP contribution >= 0.6 is 0 Å². The lowest BCUT2D eigenvalue weighted by Gasteiger charge is -2.46. The summed E-state index contributed by atoms with van der Waals surface area (Å²) in [6, 6.07) is 0. The summed E-state index contributed by atoms with van der Waals surface area (Å²) in [7, 11) is 0. The molecule has 2 N–H and O–H groups in total. The first-order valence-electron chi connectivity index (χ1n) is 4.28. The highest BCUT2D eigenvalue weighted by molar-refractivity contribution is 4.99. The first-order valence-corrected chi connectivity index (χ1v) is 4.28. The second-order valence-electron chi connectivity index (χ2n) is 4.64.